The molecular weight excluding hydrogens is 531 g/mol. The topological polar surface area (TPSA) is 76.7 Å². The van der Waals surface area contributed by atoms with E-state index in [9.17, 15) is 13.2 Å². The van der Waals surface area contributed by atoms with Gasteiger partial charge in [-0.1, -0.05) is 48.0 Å². The van der Waals surface area contributed by atoms with Crippen molar-refractivity contribution in [3.63, 3.8) is 0 Å². The van der Waals surface area contributed by atoms with Gasteiger partial charge < -0.3 is 11.1 Å². The Balaban J connectivity index is 1.63. The fraction of sp³-hybridized carbons (Fsp3) is 0.179. The van der Waals surface area contributed by atoms with Crippen molar-refractivity contribution in [1.29, 1.82) is 0 Å². The van der Waals surface area contributed by atoms with Crippen LogP contribution in [0.3, 0.4) is 0 Å². The van der Waals surface area contributed by atoms with E-state index in [1.807, 2.05) is 30.3 Å². The van der Waals surface area contributed by atoms with Gasteiger partial charge in [-0.15, -0.1) is 11.3 Å². The van der Waals surface area contributed by atoms with E-state index in [2.05, 4.69) is 10.3 Å². The van der Waals surface area contributed by atoms with Gasteiger partial charge in [0.2, 0.25) is 0 Å². The first-order valence-corrected chi connectivity index (χ1v) is 13.0. The quantitative estimate of drug-likeness (QED) is 0.220. The summed E-state index contributed by atoms with van der Waals surface area (Å²) in [4.78, 5) is 14.2. The zero-order valence-corrected chi connectivity index (χ0v) is 21.8. The highest BCUT2D eigenvalue weighted by Gasteiger charge is 2.36. The van der Waals surface area contributed by atoms with Crippen molar-refractivity contribution in [2.24, 2.45) is 5.73 Å². The highest BCUT2D eigenvalue weighted by atomic mass is 35.5. The predicted molar refractivity (Wildman–Crippen MR) is 147 cm³/mol. The van der Waals surface area contributed by atoms with Crippen LogP contribution in [0.2, 0.25) is 5.02 Å². The number of pyridine rings is 1. The Morgan fingerprint density at radius 2 is 1.71 bits per heavy atom. The van der Waals surface area contributed by atoms with E-state index >= 15 is 0 Å². The first-order valence-electron chi connectivity index (χ1n) is 11.8. The normalized spacial score (nSPS) is 12.6. The van der Waals surface area contributed by atoms with Gasteiger partial charge in [-0.25, -0.2) is 9.97 Å². The molecule has 0 saturated heterocycles. The Bertz CT molecular complexity index is 1570. The highest BCUT2D eigenvalue weighted by Crippen LogP contribution is 2.47. The van der Waals surface area contributed by atoms with E-state index in [1.54, 1.807) is 31.5 Å². The minimum atomic E-state index is -4.59. The summed E-state index contributed by atoms with van der Waals surface area (Å²) in [6, 6.07) is 17.0. The maximum absolute atomic E-state index is 14.0. The molecule has 194 valence electrons. The molecule has 5 aromatic rings. The number of alkyl halides is 3. The van der Waals surface area contributed by atoms with E-state index in [1.165, 1.54) is 23.5 Å². The van der Waals surface area contributed by atoms with Crippen LogP contribution in [0.15, 0.2) is 73.1 Å². The molecule has 0 aliphatic rings. The second kappa shape index (κ2) is 10.7. The molecule has 38 heavy (non-hydrogen) atoms. The largest absolute Gasteiger partial charge is 0.417 e. The molecule has 0 bridgehead atoms. The number of aryl methyl sites for hydroxylation is 1. The monoisotopic (exact) mass is 553 g/mol. The van der Waals surface area contributed by atoms with Crippen LogP contribution in [-0.4, -0.2) is 27.5 Å². The highest BCUT2D eigenvalue weighted by molar-refractivity contribution is 7.20. The van der Waals surface area contributed by atoms with Gasteiger partial charge in [0.25, 0.3) is 0 Å². The summed E-state index contributed by atoms with van der Waals surface area (Å²) in [5.74, 6) is 0.865. The Labute approximate surface area is 226 Å². The molecule has 2 aromatic carbocycles. The molecule has 3 heterocycles. The zero-order valence-electron chi connectivity index (χ0n) is 20.3. The molecule has 0 fully saturated rings. The van der Waals surface area contributed by atoms with Crippen molar-refractivity contribution in [1.82, 2.24) is 15.0 Å². The van der Waals surface area contributed by atoms with Gasteiger partial charge in [0.15, 0.2) is 5.82 Å². The predicted octanol–water partition coefficient (Wildman–Crippen LogP) is 7.38. The van der Waals surface area contributed by atoms with E-state index in [-0.39, 0.29) is 16.6 Å². The van der Waals surface area contributed by atoms with Gasteiger partial charge in [0.05, 0.1) is 15.8 Å². The number of nitrogens with one attached hydrogen (secondary N) is 1. The van der Waals surface area contributed by atoms with Gasteiger partial charge in [0.1, 0.15) is 5.82 Å². The number of halogens is 4. The van der Waals surface area contributed by atoms with Crippen molar-refractivity contribution < 1.29 is 13.2 Å². The van der Waals surface area contributed by atoms with Gasteiger partial charge in [-0.3, -0.25) is 4.98 Å². The summed E-state index contributed by atoms with van der Waals surface area (Å²) < 4.78 is 42.8. The average Bonchev–Trinajstić information content (AvgIpc) is 3.23. The van der Waals surface area contributed by atoms with Gasteiger partial charge in [-0.2, -0.15) is 13.2 Å². The molecule has 10 heteroatoms. The van der Waals surface area contributed by atoms with Crippen molar-refractivity contribution in [3.8, 4) is 22.5 Å². The third-order valence-electron chi connectivity index (χ3n) is 6.09. The van der Waals surface area contributed by atoms with Crippen LogP contribution in [0, 0.1) is 6.92 Å². The maximum Gasteiger partial charge on any atom is 0.417 e. The lowest BCUT2D eigenvalue weighted by Crippen LogP contribution is -2.31. The summed E-state index contributed by atoms with van der Waals surface area (Å²) in [5, 5.41) is 3.34. The van der Waals surface area contributed by atoms with Gasteiger partial charge in [0, 0.05) is 51.6 Å². The Kier molecular flexibility index (Phi) is 7.34. The number of nitrogens with two attached hydrogens (primary N) is 1. The molecule has 0 radical (unpaired) electrons. The lowest BCUT2D eigenvalue weighted by molar-refractivity contribution is -0.137. The number of rotatable bonds is 7. The molecule has 0 aliphatic carbocycles. The average molecular weight is 554 g/mol. The Morgan fingerprint density at radius 3 is 2.42 bits per heavy atom. The minimum Gasteiger partial charge on any atom is -0.367 e. The summed E-state index contributed by atoms with van der Waals surface area (Å²) in [7, 11) is 0. The molecular formula is C28H23ClF3N5S. The molecule has 0 aliphatic heterocycles. The first kappa shape index (κ1) is 26.1. The van der Waals surface area contributed by atoms with Crippen LogP contribution in [0.4, 0.5) is 19.0 Å². The molecule has 0 saturated carbocycles. The maximum atomic E-state index is 14.0. The van der Waals surface area contributed by atoms with Crippen molar-refractivity contribution >= 4 is 39.0 Å². The van der Waals surface area contributed by atoms with Crippen molar-refractivity contribution in [2.45, 2.75) is 25.6 Å². The fourth-order valence-corrected chi connectivity index (χ4v) is 5.70. The number of fused-ring (bicyclic) bond motifs is 1. The third kappa shape index (κ3) is 5.36. The number of thiophene rings is 1. The van der Waals surface area contributed by atoms with Gasteiger partial charge >= 0.3 is 6.18 Å². The van der Waals surface area contributed by atoms with Crippen LogP contribution in [0.25, 0.3) is 32.7 Å². The van der Waals surface area contributed by atoms with E-state index in [4.69, 9.17) is 27.3 Å². The van der Waals surface area contributed by atoms with E-state index in [0.29, 0.717) is 50.8 Å². The number of benzene rings is 2. The second-order valence-corrected chi connectivity index (χ2v) is 10.5. The van der Waals surface area contributed by atoms with Crippen LogP contribution in [0.5, 0.6) is 0 Å². The summed E-state index contributed by atoms with van der Waals surface area (Å²) in [6.07, 6.45) is -0.710. The number of nitrogens with zero attached hydrogens (tertiary/aromatic N) is 3. The van der Waals surface area contributed by atoms with Crippen LogP contribution < -0.4 is 11.1 Å². The van der Waals surface area contributed by atoms with Crippen LogP contribution in [0.1, 0.15) is 16.0 Å². The lowest BCUT2D eigenvalue weighted by Gasteiger charge is -2.16. The number of aromatic nitrogens is 3. The number of hydrogen-bond acceptors (Lipinski definition) is 6. The van der Waals surface area contributed by atoms with Crippen molar-refractivity contribution in [3.05, 3.63) is 94.1 Å². The molecule has 0 spiro atoms. The molecule has 3 N–H and O–H groups in total. The van der Waals surface area contributed by atoms with E-state index < -0.39 is 11.7 Å². The fourth-order valence-electron chi connectivity index (χ4n) is 4.36. The first-order chi connectivity index (χ1) is 18.2. The summed E-state index contributed by atoms with van der Waals surface area (Å²) in [6.45, 7) is 2.17. The molecule has 1 atom stereocenters. The molecule has 5 nitrogen and oxygen atoms in total. The molecule has 0 amide bonds. The van der Waals surface area contributed by atoms with Gasteiger partial charge in [-0.05, 0) is 43.2 Å². The summed E-state index contributed by atoms with van der Waals surface area (Å²) in [5.41, 5.74) is 8.05. The van der Waals surface area contributed by atoms with Crippen molar-refractivity contribution in [2.75, 3.05) is 11.9 Å². The SMILES string of the molecule is Cc1sc2c(NCC(N)Cc3ccccc3)nc(-c3ccncc3)nc2c1-c1c(Cl)cccc1C(F)(F)F. The Morgan fingerprint density at radius 1 is 0.974 bits per heavy atom. The second-order valence-electron chi connectivity index (χ2n) is 8.83. The molecule has 5 rings (SSSR count). The zero-order chi connectivity index (χ0) is 26.9. The summed E-state index contributed by atoms with van der Waals surface area (Å²) >= 11 is 7.72. The minimum absolute atomic E-state index is 0.00564. The van der Waals surface area contributed by atoms with Crippen LogP contribution >= 0.6 is 22.9 Å². The molecule has 3 aromatic heterocycles. The number of hydrogen-bond donors (Lipinski definition) is 2. The van der Waals surface area contributed by atoms with Crippen LogP contribution in [-0.2, 0) is 12.6 Å². The third-order valence-corrected chi connectivity index (χ3v) is 7.51. The van der Waals surface area contributed by atoms with E-state index in [0.717, 1.165) is 11.6 Å². The standard InChI is InChI=1S/C28H23ClF3N5S/c1-16-22(23-20(28(30,31)32)8-5-9-21(23)29)24-25(38-16)27(37-26(36-24)18-10-12-34-13-11-18)35-15-19(33)14-17-6-3-2-4-7-17/h2-13,19H,14-15,33H2,1H3,(H,35,36,37). The lowest BCUT2D eigenvalue weighted by atomic mass is 9.98. The Hall–Kier alpha value is -3.53. The smallest absolute Gasteiger partial charge is 0.367 e. The number of anilines is 1. The molecule has 1 unspecified atom stereocenters.